The molecule has 0 bridgehead atoms. The fourth-order valence-corrected chi connectivity index (χ4v) is 2.29. The SMILES string of the molecule is O=C1NC(=O)C(=Cc2cccc(-c3ccccc3OC(F)(F)F)c2)O1. The molecule has 0 atom stereocenters. The first-order valence-corrected chi connectivity index (χ1v) is 7.02. The smallest absolute Gasteiger partial charge is 0.405 e. The first kappa shape index (κ1) is 16.6. The van der Waals surface area contributed by atoms with Crippen molar-refractivity contribution >= 4 is 18.1 Å². The monoisotopic (exact) mass is 349 g/mol. The van der Waals surface area contributed by atoms with E-state index in [9.17, 15) is 22.8 Å². The van der Waals surface area contributed by atoms with Crippen LogP contribution in [0.5, 0.6) is 5.75 Å². The number of imide groups is 1. The minimum atomic E-state index is -4.81. The number of para-hydroxylation sites is 1. The number of carbonyl (C=O) groups excluding carboxylic acids is 2. The minimum Gasteiger partial charge on any atom is -0.405 e. The van der Waals surface area contributed by atoms with Gasteiger partial charge in [0.25, 0.3) is 5.91 Å². The molecule has 1 heterocycles. The van der Waals surface area contributed by atoms with Crippen LogP contribution >= 0.6 is 0 Å². The molecule has 1 aliphatic rings. The molecule has 0 spiro atoms. The Morgan fingerprint density at radius 1 is 1.04 bits per heavy atom. The molecular weight excluding hydrogens is 339 g/mol. The summed E-state index contributed by atoms with van der Waals surface area (Å²) in [6.45, 7) is 0. The van der Waals surface area contributed by atoms with Gasteiger partial charge in [-0.1, -0.05) is 36.4 Å². The first-order chi connectivity index (χ1) is 11.8. The maximum atomic E-state index is 12.5. The lowest BCUT2D eigenvalue weighted by Gasteiger charge is -2.13. The van der Waals surface area contributed by atoms with Gasteiger partial charge in [0.1, 0.15) is 5.75 Å². The number of alkyl halides is 3. The fraction of sp³-hybridized carbons (Fsp3) is 0.0588. The molecule has 1 fully saturated rings. The second-order valence-electron chi connectivity index (χ2n) is 5.02. The van der Waals surface area contributed by atoms with Crippen LogP contribution in [0, 0.1) is 0 Å². The van der Waals surface area contributed by atoms with Crippen LogP contribution in [0.15, 0.2) is 54.3 Å². The average molecular weight is 349 g/mol. The van der Waals surface area contributed by atoms with E-state index in [1.54, 1.807) is 30.3 Å². The molecule has 0 aliphatic carbocycles. The molecule has 1 N–H and O–H groups in total. The summed E-state index contributed by atoms with van der Waals surface area (Å²) < 4.78 is 46.4. The summed E-state index contributed by atoms with van der Waals surface area (Å²) in [6.07, 6.45) is -4.38. The minimum absolute atomic E-state index is 0.193. The van der Waals surface area contributed by atoms with Gasteiger partial charge in [0.2, 0.25) is 0 Å². The Morgan fingerprint density at radius 3 is 2.48 bits per heavy atom. The summed E-state index contributed by atoms with van der Waals surface area (Å²) in [4.78, 5) is 22.5. The number of cyclic esters (lactones) is 1. The number of alkyl carbamates (subject to hydrolysis) is 1. The number of ether oxygens (including phenoxy) is 2. The zero-order valence-electron chi connectivity index (χ0n) is 12.5. The molecule has 25 heavy (non-hydrogen) atoms. The van der Waals surface area contributed by atoms with Crippen LogP contribution in [-0.4, -0.2) is 18.4 Å². The van der Waals surface area contributed by atoms with Gasteiger partial charge in [-0.3, -0.25) is 10.1 Å². The van der Waals surface area contributed by atoms with Gasteiger partial charge in [-0.05, 0) is 29.3 Å². The zero-order chi connectivity index (χ0) is 18.0. The highest BCUT2D eigenvalue weighted by Gasteiger charge is 2.32. The highest BCUT2D eigenvalue weighted by atomic mass is 19.4. The molecular formula is C17H10F3NO4. The van der Waals surface area contributed by atoms with Crippen LogP contribution in [0.3, 0.4) is 0 Å². The molecule has 1 aliphatic heterocycles. The number of benzene rings is 2. The largest absolute Gasteiger partial charge is 0.573 e. The number of nitrogens with one attached hydrogen (secondary N) is 1. The van der Waals surface area contributed by atoms with Crippen molar-refractivity contribution in [2.24, 2.45) is 0 Å². The zero-order valence-corrected chi connectivity index (χ0v) is 12.5. The summed E-state index contributed by atoms with van der Waals surface area (Å²) in [5, 5.41) is 1.95. The van der Waals surface area contributed by atoms with Crippen LogP contribution < -0.4 is 10.1 Å². The summed E-state index contributed by atoms with van der Waals surface area (Å²) in [5.74, 6) is -1.22. The fourth-order valence-electron chi connectivity index (χ4n) is 2.29. The quantitative estimate of drug-likeness (QED) is 0.855. The number of rotatable bonds is 3. The summed E-state index contributed by atoms with van der Waals surface area (Å²) in [5.41, 5.74) is 1.14. The van der Waals surface area contributed by atoms with Crippen molar-refractivity contribution in [3.8, 4) is 16.9 Å². The van der Waals surface area contributed by atoms with Crippen LogP contribution in [0.25, 0.3) is 17.2 Å². The maximum Gasteiger partial charge on any atom is 0.573 e. The van der Waals surface area contributed by atoms with E-state index in [-0.39, 0.29) is 17.1 Å². The lowest BCUT2D eigenvalue weighted by atomic mass is 10.0. The molecule has 1 saturated heterocycles. The molecule has 0 saturated carbocycles. The molecule has 0 unspecified atom stereocenters. The number of hydrogen-bond acceptors (Lipinski definition) is 4. The van der Waals surface area contributed by atoms with Crippen LogP contribution in [0.1, 0.15) is 5.56 Å². The predicted molar refractivity (Wildman–Crippen MR) is 81.2 cm³/mol. The van der Waals surface area contributed by atoms with Gasteiger partial charge >= 0.3 is 12.5 Å². The number of carbonyl (C=O) groups is 2. The van der Waals surface area contributed by atoms with Gasteiger partial charge < -0.3 is 9.47 Å². The van der Waals surface area contributed by atoms with Gasteiger partial charge in [-0.25, -0.2) is 4.79 Å². The molecule has 128 valence electrons. The third kappa shape index (κ3) is 3.97. The molecule has 2 aromatic rings. The molecule has 0 radical (unpaired) electrons. The number of hydrogen-bond donors (Lipinski definition) is 1. The summed E-state index contributed by atoms with van der Waals surface area (Å²) in [7, 11) is 0. The second-order valence-corrected chi connectivity index (χ2v) is 5.02. The average Bonchev–Trinajstić information content (AvgIpc) is 2.84. The van der Waals surface area contributed by atoms with Crippen LogP contribution in [0.2, 0.25) is 0 Å². The molecule has 2 amide bonds. The van der Waals surface area contributed by atoms with Crippen molar-refractivity contribution in [1.82, 2.24) is 5.32 Å². The van der Waals surface area contributed by atoms with E-state index >= 15 is 0 Å². The highest BCUT2D eigenvalue weighted by molar-refractivity contribution is 6.09. The molecule has 5 nitrogen and oxygen atoms in total. The normalized spacial score (nSPS) is 15.9. The van der Waals surface area contributed by atoms with Crippen LogP contribution in [-0.2, 0) is 9.53 Å². The number of amides is 2. The van der Waals surface area contributed by atoms with E-state index in [1.165, 1.54) is 24.3 Å². The van der Waals surface area contributed by atoms with E-state index < -0.39 is 18.4 Å². The second kappa shape index (κ2) is 6.31. The Hall–Kier alpha value is -3.29. The Kier molecular flexibility index (Phi) is 4.18. The Bertz CT molecular complexity index is 874. The predicted octanol–water partition coefficient (Wildman–Crippen LogP) is 3.86. The summed E-state index contributed by atoms with van der Waals surface area (Å²) in [6, 6.07) is 12.1. The number of halogens is 3. The van der Waals surface area contributed by atoms with Crippen molar-refractivity contribution in [1.29, 1.82) is 0 Å². The van der Waals surface area contributed by atoms with E-state index in [0.717, 1.165) is 0 Å². The van der Waals surface area contributed by atoms with Gasteiger partial charge in [-0.2, -0.15) is 0 Å². The van der Waals surface area contributed by atoms with Gasteiger partial charge in [0.15, 0.2) is 5.76 Å². The molecule has 0 aromatic heterocycles. The first-order valence-electron chi connectivity index (χ1n) is 7.02. The third-order valence-electron chi connectivity index (χ3n) is 3.25. The van der Waals surface area contributed by atoms with Crippen LogP contribution in [0.4, 0.5) is 18.0 Å². The Balaban J connectivity index is 1.97. The van der Waals surface area contributed by atoms with Crippen molar-refractivity contribution in [2.75, 3.05) is 0 Å². The maximum absolute atomic E-state index is 12.5. The summed E-state index contributed by atoms with van der Waals surface area (Å²) >= 11 is 0. The lowest BCUT2D eigenvalue weighted by Crippen LogP contribution is -2.18. The van der Waals surface area contributed by atoms with Crippen molar-refractivity contribution in [3.63, 3.8) is 0 Å². The lowest BCUT2D eigenvalue weighted by molar-refractivity contribution is -0.274. The van der Waals surface area contributed by atoms with Gasteiger partial charge in [-0.15, -0.1) is 13.2 Å². The van der Waals surface area contributed by atoms with E-state index in [2.05, 4.69) is 4.74 Å². The van der Waals surface area contributed by atoms with E-state index in [4.69, 9.17) is 4.74 Å². The van der Waals surface area contributed by atoms with Gasteiger partial charge in [0, 0.05) is 5.56 Å². The highest BCUT2D eigenvalue weighted by Crippen LogP contribution is 2.34. The third-order valence-corrected chi connectivity index (χ3v) is 3.25. The van der Waals surface area contributed by atoms with E-state index in [1.807, 2.05) is 5.32 Å². The molecule has 3 rings (SSSR count). The topological polar surface area (TPSA) is 64.6 Å². The van der Waals surface area contributed by atoms with Crippen molar-refractivity contribution in [3.05, 3.63) is 59.9 Å². The Labute approximate surface area is 139 Å². The standard InChI is InChI=1S/C17H10F3NO4/c18-17(19,20)25-13-7-2-1-6-12(13)11-5-3-4-10(8-11)9-14-15(22)21-16(23)24-14/h1-9H,(H,21,22,23). The molecule has 8 heteroatoms. The Morgan fingerprint density at radius 2 is 1.80 bits per heavy atom. The van der Waals surface area contributed by atoms with E-state index in [0.29, 0.717) is 11.1 Å². The van der Waals surface area contributed by atoms with Crippen molar-refractivity contribution in [2.45, 2.75) is 6.36 Å². The van der Waals surface area contributed by atoms with Crippen molar-refractivity contribution < 1.29 is 32.2 Å². The van der Waals surface area contributed by atoms with Gasteiger partial charge in [0.05, 0.1) is 0 Å². The molecule has 2 aromatic carbocycles.